The number of aliphatic imine (C=N–C) groups is 1. The minimum absolute atomic E-state index is 0.0581. The summed E-state index contributed by atoms with van der Waals surface area (Å²) >= 11 is 0. The molecule has 2 N–H and O–H groups in total. The maximum absolute atomic E-state index is 12.4. The number of likely N-dealkylation sites (tertiary alicyclic amines) is 1. The first kappa shape index (κ1) is 22.3. The van der Waals surface area contributed by atoms with E-state index in [2.05, 4.69) is 44.3 Å². The van der Waals surface area contributed by atoms with Crippen molar-refractivity contribution >= 4 is 17.7 Å². The van der Waals surface area contributed by atoms with Crippen molar-refractivity contribution in [3.05, 3.63) is 34.9 Å². The van der Waals surface area contributed by atoms with Gasteiger partial charge in [0.2, 0.25) is 0 Å². The Morgan fingerprint density at radius 3 is 2.70 bits per heavy atom. The Hall–Kier alpha value is -2.37. The van der Waals surface area contributed by atoms with E-state index in [1.165, 1.54) is 16.7 Å². The van der Waals surface area contributed by atoms with Crippen LogP contribution in [0.3, 0.4) is 0 Å². The summed E-state index contributed by atoms with van der Waals surface area (Å²) in [4.78, 5) is 30.5. The number of rotatable bonds is 5. The molecule has 164 valence electrons. The predicted octanol–water partition coefficient (Wildman–Crippen LogP) is 3.86. The molecule has 6 nitrogen and oxygen atoms in total. The van der Waals surface area contributed by atoms with Gasteiger partial charge in [-0.3, -0.25) is 9.79 Å². The zero-order valence-corrected chi connectivity index (χ0v) is 18.7. The molecule has 1 saturated heterocycles. The smallest absolute Gasteiger partial charge is 0.317 e. The summed E-state index contributed by atoms with van der Waals surface area (Å²) in [5.41, 5.74) is 4.94. The van der Waals surface area contributed by atoms with Gasteiger partial charge in [0, 0.05) is 38.3 Å². The highest BCUT2D eigenvalue weighted by Gasteiger charge is 2.34. The third-order valence-electron chi connectivity index (χ3n) is 6.37. The van der Waals surface area contributed by atoms with E-state index in [0.717, 1.165) is 25.1 Å². The number of hydrogen-bond donors (Lipinski definition) is 2. The Morgan fingerprint density at radius 1 is 1.27 bits per heavy atom. The van der Waals surface area contributed by atoms with E-state index in [-0.39, 0.29) is 29.7 Å². The maximum Gasteiger partial charge on any atom is 0.317 e. The topological polar surface area (TPSA) is 82.0 Å². The van der Waals surface area contributed by atoms with Crippen molar-refractivity contribution in [2.24, 2.45) is 16.8 Å². The van der Waals surface area contributed by atoms with Gasteiger partial charge in [-0.25, -0.2) is 4.79 Å². The van der Waals surface area contributed by atoms with Crippen molar-refractivity contribution in [3.63, 3.8) is 0 Å². The molecule has 2 heterocycles. The Bertz CT molecular complexity index is 825. The van der Waals surface area contributed by atoms with E-state index in [4.69, 9.17) is 4.99 Å². The molecule has 0 spiro atoms. The van der Waals surface area contributed by atoms with Crippen LogP contribution in [0.15, 0.2) is 23.2 Å². The number of fused-ring (bicyclic) bond motifs is 1. The second-order valence-corrected chi connectivity index (χ2v) is 9.59. The van der Waals surface area contributed by atoms with E-state index < -0.39 is 5.97 Å². The Labute approximate surface area is 179 Å². The lowest BCUT2D eigenvalue weighted by molar-refractivity contribution is -0.138. The van der Waals surface area contributed by atoms with Crippen LogP contribution in [0.1, 0.15) is 63.6 Å². The van der Waals surface area contributed by atoms with Crippen LogP contribution in [0.5, 0.6) is 0 Å². The zero-order valence-electron chi connectivity index (χ0n) is 18.7. The van der Waals surface area contributed by atoms with Crippen LogP contribution in [-0.2, 0) is 16.6 Å². The normalized spacial score (nSPS) is 21.6. The second-order valence-electron chi connectivity index (χ2n) is 9.59. The molecule has 2 aliphatic rings. The van der Waals surface area contributed by atoms with Gasteiger partial charge >= 0.3 is 12.0 Å². The molecule has 2 atom stereocenters. The Kier molecular flexibility index (Phi) is 6.84. The van der Waals surface area contributed by atoms with Crippen molar-refractivity contribution in [1.29, 1.82) is 0 Å². The minimum atomic E-state index is -0.766. The lowest BCUT2D eigenvalue weighted by Crippen LogP contribution is -2.48. The fourth-order valence-corrected chi connectivity index (χ4v) is 4.60. The number of carbonyl (C=O) groups excluding carboxylic acids is 1. The summed E-state index contributed by atoms with van der Waals surface area (Å²) in [7, 11) is 0. The molecule has 2 unspecified atom stereocenters. The number of nitrogens with one attached hydrogen (secondary N) is 1. The van der Waals surface area contributed by atoms with Crippen LogP contribution in [-0.4, -0.2) is 53.9 Å². The molecular formula is C24H35N3O3. The molecule has 3 rings (SSSR count). The van der Waals surface area contributed by atoms with E-state index in [0.29, 0.717) is 26.1 Å². The minimum Gasteiger partial charge on any atom is -0.481 e. The number of hydrogen-bond acceptors (Lipinski definition) is 3. The highest BCUT2D eigenvalue weighted by Crippen LogP contribution is 2.33. The van der Waals surface area contributed by atoms with Gasteiger partial charge in [0.15, 0.2) is 0 Å². The summed E-state index contributed by atoms with van der Waals surface area (Å²) in [6.45, 7) is 11.1. The number of aliphatic carboxylic acids is 1. The fourth-order valence-electron chi connectivity index (χ4n) is 4.60. The van der Waals surface area contributed by atoms with E-state index >= 15 is 0 Å². The van der Waals surface area contributed by atoms with Crippen LogP contribution >= 0.6 is 0 Å². The molecule has 30 heavy (non-hydrogen) atoms. The maximum atomic E-state index is 12.4. The van der Waals surface area contributed by atoms with Crippen molar-refractivity contribution in [2.75, 3.05) is 26.2 Å². The number of nitrogens with zero attached hydrogens (tertiary/aromatic N) is 2. The number of amides is 2. The zero-order chi connectivity index (χ0) is 21.9. The second kappa shape index (κ2) is 9.19. The fraction of sp³-hybridized carbons (Fsp3) is 0.625. The number of piperidine rings is 1. The molecule has 2 amide bonds. The van der Waals surface area contributed by atoms with Gasteiger partial charge in [-0.15, -0.1) is 0 Å². The molecule has 0 bridgehead atoms. The van der Waals surface area contributed by atoms with Crippen molar-refractivity contribution in [1.82, 2.24) is 10.2 Å². The quantitative estimate of drug-likeness (QED) is 0.769. The van der Waals surface area contributed by atoms with Gasteiger partial charge in [-0.05, 0) is 66.2 Å². The summed E-state index contributed by atoms with van der Waals surface area (Å²) in [5.74, 6) is -0.607. The molecule has 0 aromatic heterocycles. The molecule has 1 aromatic rings. The van der Waals surface area contributed by atoms with Gasteiger partial charge < -0.3 is 15.3 Å². The molecule has 0 aliphatic carbocycles. The first-order valence-corrected chi connectivity index (χ1v) is 11.1. The summed E-state index contributed by atoms with van der Waals surface area (Å²) in [5, 5.41) is 12.3. The SMILES string of the molecule is CCNC(=O)N1CCC(CC(=O)O)C(CC2=NCCc3ccc(C(C)(C)C)cc32)C1. The first-order chi connectivity index (χ1) is 14.2. The van der Waals surface area contributed by atoms with E-state index in [9.17, 15) is 14.7 Å². The van der Waals surface area contributed by atoms with Crippen molar-refractivity contribution in [2.45, 2.75) is 58.8 Å². The molecule has 2 aliphatic heterocycles. The number of carbonyl (C=O) groups is 2. The average Bonchev–Trinajstić information content (AvgIpc) is 2.68. The monoisotopic (exact) mass is 413 g/mol. The number of benzene rings is 1. The molecule has 1 fully saturated rings. The van der Waals surface area contributed by atoms with Crippen LogP contribution in [0.25, 0.3) is 0 Å². The van der Waals surface area contributed by atoms with Crippen LogP contribution < -0.4 is 5.32 Å². The predicted molar refractivity (Wildman–Crippen MR) is 119 cm³/mol. The van der Waals surface area contributed by atoms with Gasteiger partial charge in [-0.2, -0.15) is 0 Å². The molecule has 6 heteroatoms. The Balaban J connectivity index is 1.85. The number of carboxylic acid groups (broad SMARTS) is 1. The Morgan fingerprint density at radius 2 is 2.03 bits per heavy atom. The lowest BCUT2D eigenvalue weighted by atomic mass is 9.77. The van der Waals surface area contributed by atoms with Crippen molar-refractivity contribution < 1.29 is 14.7 Å². The third-order valence-corrected chi connectivity index (χ3v) is 6.37. The lowest BCUT2D eigenvalue weighted by Gasteiger charge is -2.38. The van der Waals surface area contributed by atoms with Crippen LogP contribution in [0.2, 0.25) is 0 Å². The number of carboxylic acids is 1. The standard InChI is InChI=1S/C24H35N3O3/c1-5-25-23(30)27-11-9-17(13-22(28)29)18(15-27)12-21-20-14-19(24(2,3)4)7-6-16(20)8-10-26-21/h6-7,14,17-18H,5,8-13,15H2,1-4H3,(H,25,30)(H,28,29). The van der Waals surface area contributed by atoms with Gasteiger partial charge in [0.05, 0.1) is 0 Å². The highest BCUT2D eigenvalue weighted by molar-refractivity contribution is 6.03. The van der Waals surface area contributed by atoms with Crippen molar-refractivity contribution in [3.8, 4) is 0 Å². The van der Waals surface area contributed by atoms with Gasteiger partial charge in [0.1, 0.15) is 0 Å². The third kappa shape index (κ3) is 5.21. The van der Waals surface area contributed by atoms with E-state index in [1.807, 2.05) is 11.8 Å². The summed E-state index contributed by atoms with van der Waals surface area (Å²) < 4.78 is 0. The molecule has 0 saturated carbocycles. The largest absolute Gasteiger partial charge is 0.481 e. The molecule has 0 radical (unpaired) electrons. The summed E-state index contributed by atoms with van der Waals surface area (Å²) in [6, 6.07) is 6.65. The van der Waals surface area contributed by atoms with E-state index in [1.54, 1.807) is 0 Å². The van der Waals surface area contributed by atoms with Crippen LogP contribution in [0, 0.1) is 11.8 Å². The average molecular weight is 414 g/mol. The van der Waals surface area contributed by atoms with Gasteiger partial charge in [0.25, 0.3) is 0 Å². The number of urea groups is 1. The van der Waals surface area contributed by atoms with Crippen LogP contribution in [0.4, 0.5) is 4.79 Å². The molecular weight excluding hydrogens is 378 g/mol. The highest BCUT2D eigenvalue weighted by atomic mass is 16.4. The summed E-state index contributed by atoms with van der Waals surface area (Å²) in [6.07, 6.45) is 2.53. The molecule has 1 aromatic carbocycles. The first-order valence-electron chi connectivity index (χ1n) is 11.1. The van der Waals surface area contributed by atoms with Gasteiger partial charge in [-0.1, -0.05) is 32.9 Å².